The van der Waals surface area contributed by atoms with Crippen LogP contribution < -0.4 is 10.1 Å². The van der Waals surface area contributed by atoms with Crippen molar-refractivity contribution in [2.75, 3.05) is 13.1 Å². The van der Waals surface area contributed by atoms with Crippen LogP contribution in [0.1, 0.15) is 45.2 Å². The Balaban J connectivity index is 1.64. The molecule has 0 aromatic heterocycles. The largest absolute Gasteiger partial charge is 0.490 e. The molecule has 1 saturated heterocycles. The lowest BCUT2D eigenvalue weighted by Crippen LogP contribution is -2.48. The maximum Gasteiger partial charge on any atom is 0.408 e. The first-order chi connectivity index (χ1) is 15.1. The molecule has 0 saturated carbocycles. The molecule has 3 rings (SSSR count). The molecule has 0 spiro atoms. The summed E-state index contributed by atoms with van der Waals surface area (Å²) >= 11 is 0. The van der Waals surface area contributed by atoms with Crippen LogP contribution in [-0.2, 0) is 9.53 Å². The molecule has 1 fully saturated rings. The molecular weight excluding hydrogens is 418 g/mol. The molecule has 1 aliphatic rings. The molecule has 2 aromatic carbocycles. The number of likely N-dealkylation sites (tertiary alicyclic amines) is 1. The van der Waals surface area contributed by atoms with Gasteiger partial charge in [0.15, 0.2) is 11.6 Å². The van der Waals surface area contributed by atoms with E-state index in [1.807, 2.05) is 6.07 Å². The van der Waals surface area contributed by atoms with Gasteiger partial charge in [-0.1, -0.05) is 30.3 Å². The van der Waals surface area contributed by atoms with Gasteiger partial charge in [0.25, 0.3) is 0 Å². The third kappa shape index (κ3) is 6.42. The highest BCUT2D eigenvalue weighted by Gasteiger charge is 2.32. The van der Waals surface area contributed by atoms with Gasteiger partial charge in [0.1, 0.15) is 23.5 Å². The minimum atomic E-state index is -0.964. The van der Waals surface area contributed by atoms with E-state index in [1.54, 1.807) is 49.9 Å². The van der Waals surface area contributed by atoms with Crippen LogP contribution in [-0.4, -0.2) is 41.7 Å². The van der Waals surface area contributed by atoms with E-state index in [2.05, 4.69) is 5.32 Å². The lowest BCUT2D eigenvalue weighted by Gasteiger charge is -2.34. The molecule has 1 aliphatic heterocycles. The quantitative estimate of drug-likeness (QED) is 0.729. The predicted molar refractivity (Wildman–Crippen MR) is 115 cm³/mol. The monoisotopic (exact) mass is 446 g/mol. The first-order valence-corrected chi connectivity index (χ1v) is 10.6. The van der Waals surface area contributed by atoms with Gasteiger partial charge in [-0.2, -0.15) is 0 Å². The second kappa shape index (κ2) is 9.97. The maximum atomic E-state index is 13.4. The van der Waals surface area contributed by atoms with Gasteiger partial charge in [-0.3, -0.25) is 4.79 Å². The van der Waals surface area contributed by atoms with Crippen LogP contribution in [0.3, 0.4) is 0 Å². The summed E-state index contributed by atoms with van der Waals surface area (Å²) in [6.45, 7) is 6.08. The fourth-order valence-electron chi connectivity index (χ4n) is 3.48. The number of carbonyl (C=O) groups excluding carboxylic acids is 2. The van der Waals surface area contributed by atoms with Gasteiger partial charge < -0.3 is 19.7 Å². The van der Waals surface area contributed by atoms with Gasteiger partial charge in [0, 0.05) is 32.0 Å². The first-order valence-electron chi connectivity index (χ1n) is 10.6. The van der Waals surface area contributed by atoms with E-state index in [0.717, 1.165) is 12.1 Å². The Morgan fingerprint density at radius 2 is 1.69 bits per heavy atom. The van der Waals surface area contributed by atoms with E-state index in [4.69, 9.17) is 9.47 Å². The van der Waals surface area contributed by atoms with Crippen LogP contribution in [0.2, 0.25) is 0 Å². The molecule has 0 bridgehead atoms. The Kier molecular flexibility index (Phi) is 7.33. The lowest BCUT2D eigenvalue weighted by atomic mass is 10.0. The number of hydrogen-bond acceptors (Lipinski definition) is 4. The van der Waals surface area contributed by atoms with Gasteiger partial charge in [-0.15, -0.1) is 0 Å². The number of halogens is 2. The van der Waals surface area contributed by atoms with Crippen molar-refractivity contribution in [1.82, 2.24) is 10.2 Å². The smallest absolute Gasteiger partial charge is 0.408 e. The van der Waals surface area contributed by atoms with Crippen LogP contribution in [0.25, 0.3) is 0 Å². The fraction of sp³-hybridized carbons (Fsp3) is 0.417. The van der Waals surface area contributed by atoms with E-state index >= 15 is 0 Å². The molecule has 32 heavy (non-hydrogen) atoms. The van der Waals surface area contributed by atoms with E-state index in [-0.39, 0.29) is 17.8 Å². The molecule has 2 aromatic rings. The first kappa shape index (κ1) is 23.5. The van der Waals surface area contributed by atoms with Gasteiger partial charge >= 0.3 is 6.09 Å². The lowest BCUT2D eigenvalue weighted by molar-refractivity contribution is -0.135. The predicted octanol–water partition coefficient (Wildman–Crippen LogP) is 4.60. The molecule has 1 heterocycles. The minimum absolute atomic E-state index is 0.224. The summed E-state index contributed by atoms with van der Waals surface area (Å²) in [7, 11) is 0. The molecule has 0 unspecified atom stereocenters. The number of hydrogen-bond donors (Lipinski definition) is 1. The average Bonchev–Trinajstić information content (AvgIpc) is 2.74. The van der Waals surface area contributed by atoms with Crippen molar-refractivity contribution in [1.29, 1.82) is 0 Å². The number of nitrogens with one attached hydrogen (secondary N) is 1. The van der Waals surface area contributed by atoms with Crippen molar-refractivity contribution in [2.24, 2.45) is 0 Å². The Morgan fingerprint density at radius 1 is 1.03 bits per heavy atom. The molecule has 0 radical (unpaired) electrons. The number of piperidine rings is 1. The van der Waals surface area contributed by atoms with Crippen molar-refractivity contribution in [3.63, 3.8) is 0 Å². The van der Waals surface area contributed by atoms with Crippen LogP contribution in [0, 0.1) is 11.6 Å². The van der Waals surface area contributed by atoms with Crippen LogP contribution in [0.15, 0.2) is 48.5 Å². The standard InChI is InChI=1S/C24H28F2N2O4/c1-24(2,3)32-23(30)27-21(16-7-5-4-6-8-16)22(29)28-13-11-17(12-14-28)31-18-9-10-19(25)20(26)15-18/h4-10,15,17,21H,11-14H2,1-3H3,(H,27,30)/t21-/m0/s1. The summed E-state index contributed by atoms with van der Waals surface area (Å²) < 4.78 is 37.6. The molecule has 1 N–H and O–H groups in total. The zero-order valence-corrected chi connectivity index (χ0v) is 18.4. The van der Waals surface area contributed by atoms with Gasteiger partial charge in [0.05, 0.1) is 0 Å². The van der Waals surface area contributed by atoms with Crippen LogP contribution in [0.5, 0.6) is 5.75 Å². The molecule has 1 atom stereocenters. The van der Waals surface area contributed by atoms with E-state index in [0.29, 0.717) is 31.5 Å². The molecule has 6 nitrogen and oxygen atoms in total. The zero-order valence-electron chi connectivity index (χ0n) is 18.4. The normalized spacial score (nSPS) is 15.7. The van der Waals surface area contributed by atoms with E-state index in [9.17, 15) is 18.4 Å². The van der Waals surface area contributed by atoms with E-state index < -0.39 is 29.4 Å². The average molecular weight is 446 g/mol. The third-order valence-electron chi connectivity index (χ3n) is 4.99. The number of amides is 2. The Labute approximate surface area is 186 Å². The summed E-state index contributed by atoms with van der Waals surface area (Å²) in [5.74, 6) is -1.88. The van der Waals surface area contributed by atoms with Crippen molar-refractivity contribution < 1.29 is 27.8 Å². The van der Waals surface area contributed by atoms with Gasteiger partial charge in [-0.25, -0.2) is 13.6 Å². The van der Waals surface area contributed by atoms with Gasteiger partial charge in [-0.05, 0) is 38.5 Å². The molecule has 2 amide bonds. The Hall–Kier alpha value is -3.16. The molecular formula is C24H28F2N2O4. The number of alkyl carbamates (subject to hydrolysis) is 1. The number of benzene rings is 2. The summed E-state index contributed by atoms with van der Waals surface area (Å²) in [4.78, 5) is 27.3. The second-order valence-corrected chi connectivity index (χ2v) is 8.71. The summed E-state index contributed by atoms with van der Waals surface area (Å²) in [5.41, 5.74) is -0.0346. The van der Waals surface area contributed by atoms with Crippen molar-refractivity contribution in [2.45, 2.75) is 51.4 Å². The van der Waals surface area contributed by atoms with Crippen molar-refractivity contribution in [3.05, 3.63) is 65.7 Å². The fourth-order valence-corrected chi connectivity index (χ4v) is 3.48. The SMILES string of the molecule is CC(C)(C)OC(=O)N[C@H](C(=O)N1CCC(Oc2ccc(F)c(F)c2)CC1)c1ccccc1. The Morgan fingerprint density at radius 3 is 2.28 bits per heavy atom. The topological polar surface area (TPSA) is 67.9 Å². The second-order valence-electron chi connectivity index (χ2n) is 8.71. The summed E-state index contributed by atoms with van der Waals surface area (Å²) in [6.07, 6.45) is 0.159. The van der Waals surface area contributed by atoms with Crippen LogP contribution >= 0.6 is 0 Å². The number of ether oxygens (including phenoxy) is 2. The highest BCUT2D eigenvalue weighted by molar-refractivity contribution is 5.87. The minimum Gasteiger partial charge on any atom is -0.490 e. The van der Waals surface area contributed by atoms with E-state index in [1.165, 1.54) is 6.07 Å². The molecule has 172 valence electrons. The van der Waals surface area contributed by atoms with Gasteiger partial charge in [0.2, 0.25) is 5.91 Å². The summed E-state index contributed by atoms with van der Waals surface area (Å²) in [6, 6.07) is 11.5. The number of nitrogens with zero attached hydrogens (tertiary/aromatic N) is 1. The maximum absolute atomic E-state index is 13.4. The third-order valence-corrected chi connectivity index (χ3v) is 4.99. The highest BCUT2D eigenvalue weighted by Crippen LogP contribution is 2.24. The highest BCUT2D eigenvalue weighted by atomic mass is 19.2. The molecule has 8 heteroatoms. The number of carbonyl (C=O) groups is 2. The number of rotatable bonds is 5. The van der Waals surface area contributed by atoms with Crippen LogP contribution in [0.4, 0.5) is 13.6 Å². The summed E-state index contributed by atoms with van der Waals surface area (Å²) in [5, 5.41) is 2.69. The zero-order chi connectivity index (χ0) is 23.3. The Bertz CT molecular complexity index is 939. The van der Waals surface area contributed by atoms with Crippen molar-refractivity contribution >= 4 is 12.0 Å². The molecule has 0 aliphatic carbocycles. The van der Waals surface area contributed by atoms with Crippen molar-refractivity contribution in [3.8, 4) is 5.75 Å².